The Hall–Kier alpha value is -1.79. The number of rotatable bonds is 2. The van der Waals surface area contributed by atoms with E-state index >= 15 is 0 Å². The van der Waals surface area contributed by atoms with Crippen LogP contribution >= 0.6 is 0 Å². The number of hydrogen-bond donors (Lipinski definition) is 0. The second-order valence-corrected chi connectivity index (χ2v) is 4.45. The van der Waals surface area contributed by atoms with Crippen molar-refractivity contribution >= 4 is 11.8 Å². The fourth-order valence-electron chi connectivity index (χ4n) is 2.00. The highest BCUT2D eigenvalue weighted by Crippen LogP contribution is 2.29. The number of carbonyl (C=O) groups is 1. The third-order valence-corrected chi connectivity index (χ3v) is 3.06. The van der Waals surface area contributed by atoms with E-state index in [1.165, 1.54) is 19.5 Å². The number of methoxy groups -OCH3 is 1. The Kier molecular flexibility index (Phi) is 3.92. The van der Waals surface area contributed by atoms with Crippen LogP contribution in [-0.2, 0) is 4.74 Å². The van der Waals surface area contributed by atoms with Gasteiger partial charge < -0.3 is 9.64 Å². The number of carbonyl (C=O) groups excluding carboxylic acids is 1. The first-order valence-corrected chi connectivity index (χ1v) is 6.05. The van der Waals surface area contributed by atoms with Crippen molar-refractivity contribution in [2.75, 3.05) is 25.1 Å². The van der Waals surface area contributed by atoms with Gasteiger partial charge in [-0.25, -0.2) is 18.6 Å². The van der Waals surface area contributed by atoms with Crippen molar-refractivity contribution in [3.05, 3.63) is 18.1 Å². The molecule has 2 rings (SSSR count). The number of aromatic nitrogens is 2. The topological polar surface area (TPSA) is 55.3 Å². The quantitative estimate of drug-likeness (QED) is 0.769. The molecule has 0 bridgehead atoms. The lowest BCUT2D eigenvalue weighted by molar-refractivity contribution is -0.0102. The fourth-order valence-corrected chi connectivity index (χ4v) is 2.00. The second-order valence-electron chi connectivity index (χ2n) is 4.45. The number of halogens is 2. The zero-order chi connectivity index (χ0) is 13.9. The van der Waals surface area contributed by atoms with Gasteiger partial charge in [0, 0.05) is 25.9 Å². The van der Waals surface area contributed by atoms with Crippen LogP contribution in [0.25, 0.3) is 0 Å². The summed E-state index contributed by atoms with van der Waals surface area (Å²) in [6.45, 7) is 0.682. The fraction of sp³-hybridized carbons (Fsp3) is 0.583. The van der Waals surface area contributed by atoms with Crippen LogP contribution < -0.4 is 4.90 Å². The van der Waals surface area contributed by atoms with Crippen molar-refractivity contribution in [3.8, 4) is 0 Å². The highest BCUT2D eigenvalue weighted by atomic mass is 19.3. The van der Waals surface area contributed by atoms with Gasteiger partial charge in [-0.1, -0.05) is 0 Å². The van der Waals surface area contributed by atoms with E-state index in [-0.39, 0.29) is 25.1 Å². The minimum absolute atomic E-state index is 0.0796. The lowest BCUT2D eigenvalue weighted by atomic mass is 10.1. The van der Waals surface area contributed by atoms with Crippen molar-refractivity contribution < 1.29 is 18.3 Å². The van der Waals surface area contributed by atoms with Crippen LogP contribution in [-0.4, -0.2) is 42.1 Å². The van der Waals surface area contributed by atoms with Crippen molar-refractivity contribution in [1.82, 2.24) is 9.97 Å². The van der Waals surface area contributed by atoms with Crippen LogP contribution in [0.2, 0.25) is 0 Å². The van der Waals surface area contributed by atoms with Gasteiger partial charge in [-0.15, -0.1) is 0 Å². The first-order chi connectivity index (χ1) is 9.02. The molecule has 0 radical (unpaired) electrons. The molecule has 0 amide bonds. The molecule has 7 heteroatoms. The maximum Gasteiger partial charge on any atom is 0.358 e. The molecule has 1 aromatic heterocycles. The molecule has 0 aromatic carbocycles. The maximum atomic E-state index is 13.3. The van der Waals surface area contributed by atoms with Crippen LogP contribution in [0.1, 0.15) is 29.8 Å². The summed E-state index contributed by atoms with van der Waals surface area (Å²) < 4.78 is 31.1. The maximum absolute atomic E-state index is 13.3. The third-order valence-electron chi connectivity index (χ3n) is 3.06. The molecule has 0 spiro atoms. The SMILES string of the molecule is COC(=O)c1cncc(N2CCCC(F)(F)CC2)n1. The summed E-state index contributed by atoms with van der Waals surface area (Å²) in [6.07, 6.45) is 2.82. The summed E-state index contributed by atoms with van der Waals surface area (Å²) in [5.74, 6) is -2.78. The molecule has 5 nitrogen and oxygen atoms in total. The van der Waals surface area contributed by atoms with Crippen LogP contribution in [0.3, 0.4) is 0 Å². The van der Waals surface area contributed by atoms with Gasteiger partial charge in [-0.05, 0) is 6.42 Å². The first-order valence-electron chi connectivity index (χ1n) is 6.05. The summed E-state index contributed by atoms with van der Waals surface area (Å²) in [5.41, 5.74) is 0.0796. The molecule has 1 aliphatic rings. The normalized spacial score (nSPS) is 18.8. The van der Waals surface area contributed by atoms with E-state index in [0.717, 1.165) is 0 Å². The predicted octanol–water partition coefficient (Wildman–Crippen LogP) is 1.89. The Balaban J connectivity index is 2.15. The minimum Gasteiger partial charge on any atom is -0.464 e. The monoisotopic (exact) mass is 271 g/mol. The molecule has 19 heavy (non-hydrogen) atoms. The smallest absolute Gasteiger partial charge is 0.358 e. The molecule has 1 saturated heterocycles. The zero-order valence-electron chi connectivity index (χ0n) is 10.6. The van der Waals surface area contributed by atoms with Gasteiger partial charge in [-0.3, -0.25) is 4.98 Å². The third kappa shape index (κ3) is 3.36. The van der Waals surface area contributed by atoms with E-state index in [2.05, 4.69) is 14.7 Å². The number of ether oxygens (including phenoxy) is 1. The first kappa shape index (κ1) is 13.6. The van der Waals surface area contributed by atoms with Gasteiger partial charge >= 0.3 is 5.97 Å². The van der Waals surface area contributed by atoms with Gasteiger partial charge in [0.1, 0.15) is 5.82 Å². The van der Waals surface area contributed by atoms with Crippen LogP contribution in [0, 0.1) is 0 Å². The Morgan fingerprint density at radius 1 is 1.37 bits per heavy atom. The lowest BCUT2D eigenvalue weighted by Crippen LogP contribution is -2.27. The average molecular weight is 271 g/mol. The molecule has 1 aromatic rings. The lowest BCUT2D eigenvalue weighted by Gasteiger charge is -2.21. The molecular formula is C12H15F2N3O2. The van der Waals surface area contributed by atoms with E-state index < -0.39 is 11.9 Å². The van der Waals surface area contributed by atoms with Crippen LogP contribution in [0.5, 0.6) is 0 Å². The molecule has 0 aliphatic carbocycles. The van der Waals surface area contributed by atoms with Crippen LogP contribution in [0.15, 0.2) is 12.4 Å². The van der Waals surface area contributed by atoms with Gasteiger partial charge in [0.25, 0.3) is 0 Å². The van der Waals surface area contributed by atoms with Gasteiger partial charge in [-0.2, -0.15) is 0 Å². The summed E-state index contributed by atoms with van der Waals surface area (Å²) in [7, 11) is 1.25. The van der Waals surface area contributed by atoms with E-state index in [4.69, 9.17) is 0 Å². The van der Waals surface area contributed by atoms with Crippen molar-refractivity contribution in [2.24, 2.45) is 0 Å². The van der Waals surface area contributed by atoms with E-state index in [1.54, 1.807) is 4.90 Å². The average Bonchev–Trinajstić information content (AvgIpc) is 2.59. The Labute approximate surface area is 109 Å². The van der Waals surface area contributed by atoms with Crippen molar-refractivity contribution in [2.45, 2.75) is 25.2 Å². The van der Waals surface area contributed by atoms with Crippen molar-refractivity contribution in [3.63, 3.8) is 0 Å². The summed E-state index contributed by atoms with van der Waals surface area (Å²) in [6, 6.07) is 0. The minimum atomic E-state index is -2.62. The number of nitrogens with zero attached hydrogens (tertiary/aromatic N) is 3. The molecule has 1 aliphatic heterocycles. The Morgan fingerprint density at radius 3 is 2.89 bits per heavy atom. The Bertz CT molecular complexity index is 468. The Morgan fingerprint density at radius 2 is 2.16 bits per heavy atom. The molecular weight excluding hydrogens is 256 g/mol. The highest BCUT2D eigenvalue weighted by Gasteiger charge is 2.32. The summed E-state index contributed by atoms with van der Waals surface area (Å²) in [5, 5.41) is 0. The molecule has 104 valence electrons. The van der Waals surface area contributed by atoms with Gasteiger partial charge in [0.15, 0.2) is 5.69 Å². The van der Waals surface area contributed by atoms with Crippen LogP contribution in [0.4, 0.5) is 14.6 Å². The zero-order valence-corrected chi connectivity index (χ0v) is 10.6. The van der Waals surface area contributed by atoms with E-state index in [0.29, 0.717) is 18.8 Å². The van der Waals surface area contributed by atoms with E-state index in [1.807, 2.05) is 0 Å². The standard InChI is InChI=1S/C12H15F2N3O2/c1-19-11(18)9-7-15-8-10(16-9)17-5-2-3-12(13,14)4-6-17/h7-8H,2-6H2,1H3. The van der Waals surface area contributed by atoms with Gasteiger partial charge in [0.05, 0.1) is 19.5 Å². The number of anilines is 1. The largest absolute Gasteiger partial charge is 0.464 e. The second kappa shape index (κ2) is 5.46. The number of hydrogen-bond acceptors (Lipinski definition) is 5. The van der Waals surface area contributed by atoms with Crippen molar-refractivity contribution in [1.29, 1.82) is 0 Å². The molecule has 0 saturated carbocycles. The molecule has 1 fully saturated rings. The summed E-state index contributed by atoms with van der Waals surface area (Å²) >= 11 is 0. The molecule has 0 unspecified atom stereocenters. The predicted molar refractivity (Wildman–Crippen MR) is 64.4 cm³/mol. The summed E-state index contributed by atoms with van der Waals surface area (Å²) in [4.78, 5) is 21.1. The number of esters is 1. The molecule has 0 atom stereocenters. The van der Waals surface area contributed by atoms with E-state index in [9.17, 15) is 13.6 Å². The number of alkyl halides is 2. The molecule has 0 N–H and O–H groups in total. The van der Waals surface area contributed by atoms with Gasteiger partial charge in [0.2, 0.25) is 5.92 Å². The molecule has 2 heterocycles. The highest BCUT2D eigenvalue weighted by molar-refractivity contribution is 5.87.